The number of aliphatic hydroxyl groups is 1. The Morgan fingerprint density at radius 2 is 1.74 bits per heavy atom. The van der Waals surface area contributed by atoms with Gasteiger partial charge in [-0.05, 0) is 37.5 Å². The van der Waals surface area contributed by atoms with E-state index in [2.05, 4.69) is 5.32 Å². The summed E-state index contributed by atoms with van der Waals surface area (Å²) in [6.07, 6.45) is -1.04. The van der Waals surface area contributed by atoms with Crippen LogP contribution < -0.4 is 5.32 Å². The average molecular weight is 262 g/mol. The zero-order valence-electron chi connectivity index (χ0n) is 11.9. The van der Waals surface area contributed by atoms with Crippen molar-refractivity contribution < 1.29 is 9.90 Å². The Kier molecular flexibility index (Phi) is 4.22. The van der Waals surface area contributed by atoms with E-state index in [0.29, 0.717) is 13.1 Å². The van der Waals surface area contributed by atoms with Crippen LogP contribution in [0.5, 0.6) is 0 Å². The number of carbonyl (C=O) groups is 1. The Morgan fingerprint density at radius 1 is 1.21 bits per heavy atom. The Bertz CT molecular complexity index is 456. The summed E-state index contributed by atoms with van der Waals surface area (Å²) in [5.74, 6) is -0.184. The van der Waals surface area contributed by atoms with Gasteiger partial charge < -0.3 is 15.3 Å². The number of nitrogens with zero attached hydrogens (tertiary/aromatic N) is 1. The SMILES string of the molecule is Cc1cc(C)c(C(O)C(=O)N2CCNCC2)c(C)c1. The summed E-state index contributed by atoms with van der Waals surface area (Å²) in [6.45, 7) is 8.84. The summed E-state index contributed by atoms with van der Waals surface area (Å²) in [5.41, 5.74) is 3.87. The Labute approximate surface area is 114 Å². The fourth-order valence-electron chi connectivity index (χ4n) is 2.80. The monoisotopic (exact) mass is 262 g/mol. The molecule has 0 aromatic heterocycles. The number of amides is 1. The maximum Gasteiger partial charge on any atom is 0.256 e. The smallest absolute Gasteiger partial charge is 0.256 e. The molecule has 2 rings (SSSR count). The van der Waals surface area contributed by atoms with Gasteiger partial charge in [0.25, 0.3) is 5.91 Å². The molecule has 2 N–H and O–H groups in total. The van der Waals surface area contributed by atoms with Crippen LogP contribution in [0.2, 0.25) is 0 Å². The number of hydrogen-bond acceptors (Lipinski definition) is 3. The van der Waals surface area contributed by atoms with Gasteiger partial charge in [-0.25, -0.2) is 0 Å². The molecule has 19 heavy (non-hydrogen) atoms. The molecule has 0 spiro atoms. The lowest BCUT2D eigenvalue weighted by Crippen LogP contribution is -2.48. The first-order chi connectivity index (χ1) is 9.00. The van der Waals surface area contributed by atoms with Gasteiger partial charge in [-0.1, -0.05) is 17.7 Å². The molecule has 1 unspecified atom stereocenters. The van der Waals surface area contributed by atoms with E-state index in [1.807, 2.05) is 32.9 Å². The summed E-state index contributed by atoms with van der Waals surface area (Å²) < 4.78 is 0. The number of aliphatic hydroxyl groups excluding tert-OH is 1. The summed E-state index contributed by atoms with van der Waals surface area (Å²) in [7, 11) is 0. The molecule has 1 saturated heterocycles. The zero-order chi connectivity index (χ0) is 14.0. The van der Waals surface area contributed by atoms with Crippen molar-refractivity contribution in [2.75, 3.05) is 26.2 Å². The predicted octanol–water partition coefficient (Wildman–Crippen LogP) is 1.08. The van der Waals surface area contributed by atoms with Gasteiger partial charge in [0.1, 0.15) is 0 Å². The molecule has 104 valence electrons. The van der Waals surface area contributed by atoms with Crippen LogP contribution in [0.4, 0.5) is 0 Å². The second-order valence-electron chi connectivity index (χ2n) is 5.29. The van der Waals surface area contributed by atoms with Gasteiger partial charge in [-0.2, -0.15) is 0 Å². The van der Waals surface area contributed by atoms with Crippen molar-refractivity contribution in [3.63, 3.8) is 0 Å². The first-order valence-electron chi connectivity index (χ1n) is 6.76. The van der Waals surface area contributed by atoms with Crippen LogP contribution in [0.15, 0.2) is 12.1 Å². The van der Waals surface area contributed by atoms with E-state index in [4.69, 9.17) is 0 Å². The molecule has 4 heteroatoms. The van der Waals surface area contributed by atoms with Crippen LogP contribution in [0.25, 0.3) is 0 Å². The molecule has 4 nitrogen and oxygen atoms in total. The van der Waals surface area contributed by atoms with E-state index < -0.39 is 6.10 Å². The third-order valence-electron chi connectivity index (χ3n) is 3.67. The number of benzene rings is 1. The number of aryl methyl sites for hydroxylation is 3. The van der Waals surface area contributed by atoms with E-state index in [-0.39, 0.29) is 5.91 Å². The van der Waals surface area contributed by atoms with Crippen molar-refractivity contribution in [3.05, 3.63) is 34.4 Å². The van der Waals surface area contributed by atoms with Gasteiger partial charge in [0.2, 0.25) is 0 Å². The van der Waals surface area contributed by atoms with E-state index in [1.54, 1.807) is 4.90 Å². The maximum atomic E-state index is 12.3. The van der Waals surface area contributed by atoms with Crippen molar-refractivity contribution in [2.45, 2.75) is 26.9 Å². The summed E-state index contributed by atoms with van der Waals surface area (Å²) in [5, 5.41) is 13.6. The van der Waals surface area contributed by atoms with Gasteiger partial charge >= 0.3 is 0 Å². The largest absolute Gasteiger partial charge is 0.378 e. The lowest BCUT2D eigenvalue weighted by Gasteiger charge is -2.30. The highest BCUT2D eigenvalue weighted by Crippen LogP contribution is 2.25. The molecule has 1 heterocycles. The molecule has 0 saturated carbocycles. The van der Waals surface area contributed by atoms with Crippen LogP contribution in [-0.4, -0.2) is 42.1 Å². The standard InChI is InChI=1S/C15H22N2O2/c1-10-8-11(2)13(12(3)9-10)14(18)15(19)17-6-4-16-5-7-17/h8-9,14,16,18H,4-7H2,1-3H3. The van der Waals surface area contributed by atoms with Crippen molar-refractivity contribution in [3.8, 4) is 0 Å². The summed E-state index contributed by atoms with van der Waals surface area (Å²) in [4.78, 5) is 14.1. The molecule has 1 aliphatic rings. The minimum absolute atomic E-state index is 0.184. The van der Waals surface area contributed by atoms with E-state index >= 15 is 0 Å². The van der Waals surface area contributed by atoms with Crippen molar-refractivity contribution in [1.29, 1.82) is 0 Å². The molecule has 1 aliphatic heterocycles. The molecule has 1 amide bonds. The third kappa shape index (κ3) is 2.96. The van der Waals surface area contributed by atoms with Crippen LogP contribution in [0.3, 0.4) is 0 Å². The van der Waals surface area contributed by atoms with E-state index in [1.165, 1.54) is 0 Å². The molecular formula is C15H22N2O2. The molecular weight excluding hydrogens is 240 g/mol. The quantitative estimate of drug-likeness (QED) is 0.838. The van der Waals surface area contributed by atoms with Gasteiger partial charge in [0.15, 0.2) is 6.10 Å². The van der Waals surface area contributed by atoms with Gasteiger partial charge in [0.05, 0.1) is 0 Å². The summed E-state index contributed by atoms with van der Waals surface area (Å²) in [6, 6.07) is 4.02. The number of hydrogen-bond donors (Lipinski definition) is 2. The maximum absolute atomic E-state index is 12.3. The van der Waals surface area contributed by atoms with E-state index in [0.717, 1.165) is 35.3 Å². The zero-order valence-corrected chi connectivity index (χ0v) is 11.9. The van der Waals surface area contributed by atoms with Crippen LogP contribution in [0.1, 0.15) is 28.4 Å². The molecule has 1 aromatic carbocycles. The fraction of sp³-hybridized carbons (Fsp3) is 0.533. The fourth-order valence-corrected chi connectivity index (χ4v) is 2.80. The minimum Gasteiger partial charge on any atom is -0.378 e. The average Bonchev–Trinajstić information content (AvgIpc) is 2.37. The van der Waals surface area contributed by atoms with Gasteiger partial charge in [-0.3, -0.25) is 4.79 Å². The second-order valence-corrected chi connectivity index (χ2v) is 5.29. The predicted molar refractivity (Wildman–Crippen MR) is 75.1 cm³/mol. The first kappa shape index (κ1) is 14.0. The van der Waals surface area contributed by atoms with Gasteiger partial charge in [-0.15, -0.1) is 0 Å². The van der Waals surface area contributed by atoms with Crippen LogP contribution in [-0.2, 0) is 4.79 Å². The number of carbonyl (C=O) groups excluding carboxylic acids is 1. The molecule has 0 bridgehead atoms. The Balaban J connectivity index is 2.23. The first-order valence-corrected chi connectivity index (χ1v) is 6.76. The molecule has 1 atom stereocenters. The third-order valence-corrected chi connectivity index (χ3v) is 3.67. The topological polar surface area (TPSA) is 52.6 Å². The Morgan fingerprint density at radius 3 is 2.26 bits per heavy atom. The van der Waals surface area contributed by atoms with Crippen LogP contribution in [0, 0.1) is 20.8 Å². The lowest BCUT2D eigenvalue weighted by atomic mass is 9.95. The molecule has 0 aliphatic carbocycles. The summed E-state index contributed by atoms with van der Waals surface area (Å²) >= 11 is 0. The van der Waals surface area contributed by atoms with Crippen LogP contribution >= 0.6 is 0 Å². The highest BCUT2D eigenvalue weighted by Gasteiger charge is 2.27. The molecule has 0 radical (unpaired) electrons. The number of nitrogens with one attached hydrogen (secondary N) is 1. The molecule has 1 aromatic rings. The van der Waals surface area contributed by atoms with Crippen molar-refractivity contribution >= 4 is 5.91 Å². The lowest BCUT2D eigenvalue weighted by molar-refractivity contribution is -0.141. The highest BCUT2D eigenvalue weighted by molar-refractivity contribution is 5.83. The number of piperazine rings is 1. The van der Waals surface area contributed by atoms with Crippen molar-refractivity contribution in [1.82, 2.24) is 10.2 Å². The minimum atomic E-state index is -1.04. The second kappa shape index (κ2) is 5.72. The highest BCUT2D eigenvalue weighted by atomic mass is 16.3. The van der Waals surface area contributed by atoms with E-state index in [9.17, 15) is 9.90 Å². The normalized spacial score (nSPS) is 17.4. The number of rotatable bonds is 2. The van der Waals surface area contributed by atoms with Crippen molar-refractivity contribution in [2.24, 2.45) is 0 Å². The van der Waals surface area contributed by atoms with Gasteiger partial charge in [0, 0.05) is 26.2 Å². The molecule has 1 fully saturated rings. The Hall–Kier alpha value is -1.39.